The molecule has 11 heteroatoms. The van der Waals surface area contributed by atoms with Crippen LogP contribution >= 0.6 is 11.8 Å². The van der Waals surface area contributed by atoms with Gasteiger partial charge in [-0.25, -0.2) is 0 Å². The summed E-state index contributed by atoms with van der Waals surface area (Å²) in [5, 5.41) is 18.2. The fourth-order valence-electron chi connectivity index (χ4n) is 2.58. The number of thioether (sulfide) groups is 1. The highest BCUT2D eigenvalue weighted by atomic mass is 32.2. The molecule has 3 rings (SSSR count). The fourth-order valence-corrected chi connectivity index (χ4v) is 3.04. The summed E-state index contributed by atoms with van der Waals surface area (Å²) >= 11 is 1.46. The minimum absolute atomic E-state index is 0.00828. The minimum Gasteiger partial charge on any atom is -0.493 e. The number of alkyl halides is 3. The molecule has 0 unspecified atom stereocenters. The zero-order valence-corrected chi connectivity index (χ0v) is 19.5. The van der Waals surface area contributed by atoms with Crippen molar-refractivity contribution in [3.63, 3.8) is 0 Å². The molecule has 7 nitrogen and oxygen atoms in total. The second-order valence-electron chi connectivity index (χ2n) is 6.21. The Kier molecular flexibility index (Phi) is 9.27. The first-order chi connectivity index (χ1) is 16.2. The van der Waals surface area contributed by atoms with E-state index < -0.39 is 29.2 Å². The number of carbonyl (C=O) groups is 1. The maximum absolute atomic E-state index is 13.2. The first-order valence-corrected chi connectivity index (χ1v) is 11.1. The van der Waals surface area contributed by atoms with Crippen molar-refractivity contribution >= 4 is 23.4 Å². The number of hydrogen-bond acceptors (Lipinski definition) is 7. The van der Waals surface area contributed by atoms with Gasteiger partial charge in [-0.2, -0.15) is 18.4 Å². The molecule has 1 heterocycles. The summed E-state index contributed by atoms with van der Waals surface area (Å²) in [5.41, 5.74) is -1.12. The zero-order chi connectivity index (χ0) is 25.3. The van der Waals surface area contributed by atoms with E-state index in [4.69, 9.17) is 14.7 Å². The number of nitriles is 1. The summed E-state index contributed by atoms with van der Waals surface area (Å²) in [6.07, 6.45) is -2.94. The van der Waals surface area contributed by atoms with E-state index in [9.17, 15) is 18.0 Å². The summed E-state index contributed by atoms with van der Waals surface area (Å²) in [5.74, 6) is -1.21. The lowest BCUT2D eigenvalue weighted by Gasteiger charge is -2.14. The molecule has 0 aliphatic carbocycles. The Morgan fingerprint density at radius 2 is 1.79 bits per heavy atom. The Labute approximate surface area is 198 Å². The standard InChI is InChI=1S/C21H15F3N4O3S.C2H6/c1-30-16-8-12(11-25)6-7-15(16)31-17-10-18(21(22,23)24)27-28-19(17)20(29)26-13-4-3-5-14(9-13)32-2;1-2/h3-10H,1-2H3,(H,26,29);1-2H3. The normalized spacial score (nSPS) is 10.4. The molecule has 0 fully saturated rings. The van der Waals surface area contributed by atoms with Crippen LogP contribution in [-0.2, 0) is 6.18 Å². The van der Waals surface area contributed by atoms with Crippen LogP contribution in [0.1, 0.15) is 35.6 Å². The smallest absolute Gasteiger partial charge is 0.435 e. The van der Waals surface area contributed by atoms with Gasteiger partial charge < -0.3 is 14.8 Å². The Morgan fingerprint density at radius 1 is 1.06 bits per heavy atom. The lowest BCUT2D eigenvalue weighted by atomic mass is 10.2. The number of carbonyl (C=O) groups excluding carboxylic acids is 1. The number of halogens is 3. The third-order valence-electron chi connectivity index (χ3n) is 4.10. The number of methoxy groups -OCH3 is 1. The molecule has 0 aliphatic heterocycles. The van der Waals surface area contributed by atoms with E-state index in [2.05, 4.69) is 15.5 Å². The van der Waals surface area contributed by atoms with Gasteiger partial charge in [-0.1, -0.05) is 19.9 Å². The Balaban J connectivity index is 0.00000199. The molecule has 0 atom stereocenters. The molecule has 0 saturated carbocycles. The van der Waals surface area contributed by atoms with Crippen LogP contribution in [0.15, 0.2) is 53.4 Å². The van der Waals surface area contributed by atoms with E-state index in [1.165, 1.54) is 37.1 Å². The van der Waals surface area contributed by atoms with Crippen LogP contribution in [-0.4, -0.2) is 29.5 Å². The first-order valence-electron chi connectivity index (χ1n) is 9.91. The summed E-state index contributed by atoms with van der Waals surface area (Å²) < 4.78 is 50.3. The molecule has 0 saturated heterocycles. The Morgan fingerprint density at radius 3 is 2.41 bits per heavy atom. The molecule has 34 heavy (non-hydrogen) atoms. The molecule has 0 radical (unpaired) electrons. The van der Waals surface area contributed by atoms with Crippen molar-refractivity contribution in [1.29, 1.82) is 5.26 Å². The van der Waals surface area contributed by atoms with Gasteiger partial charge in [-0.05, 0) is 36.6 Å². The second kappa shape index (κ2) is 11.9. The summed E-state index contributed by atoms with van der Waals surface area (Å²) in [4.78, 5) is 13.7. The minimum atomic E-state index is -4.80. The van der Waals surface area contributed by atoms with Gasteiger partial charge in [0.1, 0.15) is 0 Å². The van der Waals surface area contributed by atoms with Crippen molar-refractivity contribution in [2.75, 3.05) is 18.7 Å². The van der Waals surface area contributed by atoms with E-state index >= 15 is 0 Å². The monoisotopic (exact) mass is 490 g/mol. The third kappa shape index (κ3) is 6.62. The Hall–Kier alpha value is -3.78. The number of nitrogens with zero attached hydrogens (tertiary/aromatic N) is 3. The molecule has 0 spiro atoms. The zero-order valence-electron chi connectivity index (χ0n) is 18.7. The fraction of sp³-hybridized carbons (Fsp3) is 0.217. The second-order valence-corrected chi connectivity index (χ2v) is 7.09. The van der Waals surface area contributed by atoms with Crippen molar-refractivity contribution in [3.8, 4) is 23.3 Å². The van der Waals surface area contributed by atoms with Gasteiger partial charge in [0, 0.05) is 22.7 Å². The van der Waals surface area contributed by atoms with E-state index in [1.807, 2.05) is 32.2 Å². The molecular weight excluding hydrogens is 469 g/mol. The van der Waals surface area contributed by atoms with Crippen molar-refractivity contribution < 1.29 is 27.4 Å². The predicted molar refractivity (Wildman–Crippen MR) is 122 cm³/mol. The van der Waals surface area contributed by atoms with E-state index in [-0.39, 0.29) is 17.1 Å². The van der Waals surface area contributed by atoms with Crippen molar-refractivity contribution in [2.45, 2.75) is 24.9 Å². The number of nitrogens with one attached hydrogen (secondary N) is 1. The maximum atomic E-state index is 13.2. The third-order valence-corrected chi connectivity index (χ3v) is 4.83. The number of hydrogen-bond donors (Lipinski definition) is 1. The number of rotatable bonds is 6. The summed E-state index contributed by atoms with van der Waals surface area (Å²) in [6.45, 7) is 4.00. The first kappa shape index (κ1) is 26.5. The van der Waals surface area contributed by atoms with Gasteiger partial charge in [-0.15, -0.1) is 22.0 Å². The molecular formula is C23H21F3N4O3S. The van der Waals surface area contributed by atoms with Gasteiger partial charge in [0.15, 0.2) is 28.6 Å². The average Bonchev–Trinajstić information content (AvgIpc) is 2.85. The van der Waals surface area contributed by atoms with Crippen molar-refractivity contribution in [1.82, 2.24) is 10.2 Å². The maximum Gasteiger partial charge on any atom is 0.435 e. The van der Waals surface area contributed by atoms with E-state index in [1.54, 1.807) is 18.2 Å². The summed E-state index contributed by atoms with van der Waals surface area (Å²) in [6, 6.07) is 13.5. The molecule has 2 aromatic carbocycles. The number of ether oxygens (including phenoxy) is 2. The van der Waals surface area contributed by atoms with Gasteiger partial charge in [0.2, 0.25) is 0 Å². The molecule has 0 bridgehead atoms. The van der Waals surface area contributed by atoms with E-state index in [0.29, 0.717) is 11.8 Å². The average molecular weight is 491 g/mol. The van der Waals surface area contributed by atoms with Gasteiger partial charge >= 0.3 is 6.18 Å². The predicted octanol–water partition coefficient (Wildman–Crippen LogP) is 6.17. The largest absolute Gasteiger partial charge is 0.493 e. The highest BCUT2D eigenvalue weighted by molar-refractivity contribution is 7.98. The Bertz CT molecular complexity index is 1200. The van der Waals surface area contributed by atoms with Crippen LogP contribution in [0.2, 0.25) is 0 Å². The molecule has 3 aromatic rings. The highest BCUT2D eigenvalue weighted by Gasteiger charge is 2.35. The topological polar surface area (TPSA) is 97.1 Å². The van der Waals surface area contributed by atoms with Crippen LogP contribution in [0.4, 0.5) is 18.9 Å². The van der Waals surface area contributed by atoms with Crippen LogP contribution in [0.5, 0.6) is 17.2 Å². The SMILES string of the molecule is CC.COc1cc(C#N)ccc1Oc1cc(C(F)(F)F)nnc1C(=O)Nc1cccc(SC)c1. The molecule has 1 amide bonds. The lowest BCUT2D eigenvalue weighted by molar-refractivity contribution is -0.141. The van der Waals surface area contributed by atoms with Crippen molar-refractivity contribution in [2.24, 2.45) is 0 Å². The van der Waals surface area contributed by atoms with Crippen LogP contribution in [0.3, 0.4) is 0 Å². The number of aromatic nitrogens is 2. The highest BCUT2D eigenvalue weighted by Crippen LogP contribution is 2.36. The van der Waals surface area contributed by atoms with Gasteiger partial charge in [-0.3, -0.25) is 4.79 Å². The quantitative estimate of drug-likeness (QED) is 0.413. The number of amides is 1. The van der Waals surface area contributed by atoms with E-state index in [0.717, 1.165) is 4.90 Å². The molecule has 178 valence electrons. The molecule has 1 aromatic heterocycles. The number of anilines is 1. The molecule has 0 aliphatic rings. The van der Waals surface area contributed by atoms with Gasteiger partial charge in [0.05, 0.1) is 18.7 Å². The van der Waals surface area contributed by atoms with Gasteiger partial charge in [0.25, 0.3) is 5.91 Å². The number of benzene rings is 2. The molecule has 1 N–H and O–H groups in total. The van der Waals surface area contributed by atoms with Crippen LogP contribution in [0.25, 0.3) is 0 Å². The summed E-state index contributed by atoms with van der Waals surface area (Å²) in [7, 11) is 1.31. The van der Waals surface area contributed by atoms with Crippen LogP contribution in [0, 0.1) is 11.3 Å². The van der Waals surface area contributed by atoms with Crippen molar-refractivity contribution in [3.05, 3.63) is 65.5 Å². The van der Waals surface area contributed by atoms with Crippen LogP contribution < -0.4 is 14.8 Å². The lowest BCUT2D eigenvalue weighted by Crippen LogP contribution is -2.18.